The molecule has 0 aliphatic rings. The standard InChI is InChI=1S/C21H17N3OS2/c1-15-13-27-21(22-15)24(18-10-6-3-7-11-18)19(25)12-17-14-26-20(23-17)16-8-4-2-5-9-16/h2-11,13-14H,12H2,1H3. The van der Waals surface area contributed by atoms with Crippen molar-refractivity contribution >= 4 is 39.4 Å². The molecule has 0 bridgehead atoms. The molecule has 0 atom stereocenters. The number of para-hydroxylation sites is 1. The van der Waals surface area contributed by atoms with Crippen molar-refractivity contribution in [2.75, 3.05) is 4.90 Å². The van der Waals surface area contributed by atoms with Gasteiger partial charge < -0.3 is 0 Å². The van der Waals surface area contributed by atoms with Crippen molar-refractivity contribution in [1.29, 1.82) is 0 Å². The molecule has 0 aliphatic heterocycles. The van der Waals surface area contributed by atoms with E-state index in [1.165, 1.54) is 11.3 Å². The number of benzene rings is 2. The Morgan fingerprint density at radius 2 is 1.63 bits per heavy atom. The number of thiazole rings is 2. The number of nitrogens with zero attached hydrogens (tertiary/aromatic N) is 3. The highest BCUT2D eigenvalue weighted by Gasteiger charge is 2.22. The van der Waals surface area contributed by atoms with Gasteiger partial charge in [-0.05, 0) is 19.1 Å². The van der Waals surface area contributed by atoms with E-state index < -0.39 is 0 Å². The highest BCUT2D eigenvalue weighted by molar-refractivity contribution is 7.14. The molecular weight excluding hydrogens is 374 g/mol. The number of aromatic nitrogens is 2. The molecule has 0 N–H and O–H groups in total. The van der Waals surface area contributed by atoms with Gasteiger partial charge in [0.2, 0.25) is 5.91 Å². The minimum absolute atomic E-state index is 0.0412. The lowest BCUT2D eigenvalue weighted by Gasteiger charge is -2.19. The summed E-state index contributed by atoms with van der Waals surface area (Å²) in [6, 6.07) is 19.6. The predicted octanol–water partition coefficient (Wildman–Crippen LogP) is 5.48. The molecule has 4 nitrogen and oxygen atoms in total. The van der Waals surface area contributed by atoms with E-state index >= 15 is 0 Å². The van der Waals surface area contributed by atoms with E-state index in [-0.39, 0.29) is 12.3 Å². The van der Waals surface area contributed by atoms with Crippen LogP contribution < -0.4 is 4.90 Å². The Bertz CT molecular complexity index is 1040. The number of carbonyl (C=O) groups excluding carboxylic acids is 1. The molecule has 0 unspecified atom stereocenters. The average molecular weight is 392 g/mol. The number of hydrogen-bond acceptors (Lipinski definition) is 5. The lowest BCUT2D eigenvalue weighted by molar-refractivity contribution is -0.117. The van der Waals surface area contributed by atoms with Crippen molar-refractivity contribution in [2.45, 2.75) is 13.3 Å². The van der Waals surface area contributed by atoms with Crippen LogP contribution in [0, 0.1) is 6.92 Å². The second kappa shape index (κ2) is 7.82. The maximum Gasteiger partial charge on any atom is 0.239 e. The second-order valence-electron chi connectivity index (χ2n) is 6.02. The number of carbonyl (C=O) groups is 1. The lowest BCUT2D eigenvalue weighted by Crippen LogP contribution is -2.27. The smallest absolute Gasteiger partial charge is 0.239 e. The van der Waals surface area contributed by atoms with Crippen molar-refractivity contribution in [2.24, 2.45) is 0 Å². The Kier molecular flexibility index (Phi) is 5.09. The SMILES string of the molecule is Cc1csc(N(C(=O)Cc2csc(-c3ccccc3)n2)c2ccccc2)n1. The van der Waals surface area contributed by atoms with Crippen LogP contribution in [0.3, 0.4) is 0 Å². The highest BCUT2D eigenvalue weighted by atomic mass is 32.1. The largest absolute Gasteiger partial charge is 0.274 e. The van der Waals surface area contributed by atoms with Crippen LogP contribution in [-0.4, -0.2) is 15.9 Å². The van der Waals surface area contributed by atoms with Gasteiger partial charge in [0.05, 0.1) is 23.5 Å². The fourth-order valence-electron chi connectivity index (χ4n) is 2.72. The van der Waals surface area contributed by atoms with E-state index in [4.69, 9.17) is 0 Å². The summed E-state index contributed by atoms with van der Waals surface area (Å²) in [6.45, 7) is 1.93. The summed E-state index contributed by atoms with van der Waals surface area (Å²) in [7, 11) is 0. The summed E-state index contributed by atoms with van der Waals surface area (Å²) >= 11 is 3.03. The highest BCUT2D eigenvalue weighted by Crippen LogP contribution is 2.30. The van der Waals surface area contributed by atoms with Crippen molar-refractivity contribution in [3.63, 3.8) is 0 Å². The summed E-state index contributed by atoms with van der Waals surface area (Å²) in [6.07, 6.45) is 0.233. The van der Waals surface area contributed by atoms with Crippen LogP contribution in [0.2, 0.25) is 0 Å². The Hall–Kier alpha value is -2.83. The van der Waals surface area contributed by atoms with Crippen molar-refractivity contribution in [1.82, 2.24) is 9.97 Å². The molecule has 2 aromatic carbocycles. The average Bonchev–Trinajstić information content (AvgIpc) is 3.33. The van der Waals surface area contributed by atoms with Gasteiger partial charge in [-0.3, -0.25) is 9.69 Å². The molecule has 0 aliphatic carbocycles. The Morgan fingerprint density at radius 1 is 0.926 bits per heavy atom. The van der Waals surface area contributed by atoms with Crippen LogP contribution in [-0.2, 0) is 11.2 Å². The topological polar surface area (TPSA) is 46.1 Å². The quantitative estimate of drug-likeness (QED) is 0.452. The first-order valence-electron chi connectivity index (χ1n) is 8.50. The molecule has 0 saturated heterocycles. The maximum atomic E-state index is 13.1. The van der Waals surface area contributed by atoms with Gasteiger partial charge in [0, 0.05) is 16.3 Å². The van der Waals surface area contributed by atoms with Crippen molar-refractivity contribution in [3.8, 4) is 10.6 Å². The van der Waals surface area contributed by atoms with E-state index in [1.54, 1.807) is 16.2 Å². The lowest BCUT2D eigenvalue weighted by atomic mass is 10.2. The zero-order valence-corrected chi connectivity index (χ0v) is 16.3. The van der Waals surface area contributed by atoms with Crippen LogP contribution in [0.4, 0.5) is 10.8 Å². The fourth-order valence-corrected chi connectivity index (χ4v) is 4.38. The zero-order valence-electron chi connectivity index (χ0n) is 14.7. The van der Waals surface area contributed by atoms with Crippen LogP contribution in [0.5, 0.6) is 0 Å². The first-order chi connectivity index (χ1) is 13.2. The third kappa shape index (κ3) is 3.97. The van der Waals surface area contributed by atoms with E-state index in [2.05, 4.69) is 9.97 Å². The molecule has 134 valence electrons. The summed E-state index contributed by atoms with van der Waals surface area (Å²) in [5.74, 6) is -0.0412. The van der Waals surface area contributed by atoms with E-state index in [9.17, 15) is 4.79 Å². The van der Waals surface area contributed by atoms with Crippen LogP contribution in [0.25, 0.3) is 10.6 Å². The summed E-state index contributed by atoms with van der Waals surface area (Å²) in [5, 5.41) is 5.52. The van der Waals surface area contributed by atoms with Crippen LogP contribution >= 0.6 is 22.7 Å². The van der Waals surface area contributed by atoms with Gasteiger partial charge in [0.1, 0.15) is 5.01 Å². The number of hydrogen-bond donors (Lipinski definition) is 0. The Morgan fingerprint density at radius 3 is 2.30 bits per heavy atom. The normalized spacial score (nSPS) is 10.7. The molecule has 2 aromatic heterocycles. The van der Waals surface area contributed by atoms with Gasteiger partial charge >= 0.3 is 0 Å². The van der Waals surface area contributed by atoms with E-state index in [0.29, 0.717) is 5.13 Å². The predicted molar refractivity (Wildman–Crippen MR) is 112 cm³/mol. The van der Waals surface area contributed by atoms with E-state index in [0.717, 1.165) is 27.6 Å². The molecule has 1 amide bonds. The summed E-state index contributed by atoms with van der Waals surface area (Å²) in [4.78, 5) is 24.0. The van der Waals surface area contributed by atoms with Gasteiger partial charge in [-0.15, -0.1) is 22.7 Å². The van der Waals surface area contributed by atoms with Gasteiger partial charge in [-0.2, -0.15) is 0 Å². The number of rotatable bonds is 5. The molecule has 27 heavy (non-hydrogen) atoms. The number of anilines is 2. The van der Waals surface area contributed by atoms with Crippen molar-refractivity contribution in [3.05, 3.63) is 82.8 Å². The number of amides is 1. The number of aryl methyl sites for hydroxylation is 1. The molecule has 0 fully saturated rings. The summed E-state index contributed by atoms with van der Waals surface area (Å²) in [5.41, 5.74) is 3.56. The van der Waals surface area contributed by atoms with Crippen LogP contribution in [0.1, 0.15) is 11.4 Å². The first kappa shape index (κ1) is 17.6. The van der Waals surface area contributed by atoms with Gasteiger partial charge in [-0.25, -0.2) is 9.97 Å². The molecule has 0 saturated carbocycles. The monoisotopic (exact) mass is 391 g/mol. The van der Waals surface area contributed by atoms with E-state index in [1.807, 2.05) is 78.3 Å². The molecule has 6 heteroatoms. The Labute approximate surface area is 165 Å². The molecule has 0 radical (unpaired) electrons. The Balaban J connectivity index is 1.60. The second-order valence-corrected chi connectivity index (χ2v) is 7.72. The molecule has 2 heterocycles. The minimum atomic E-state index is -0.0412. The molecule has 4 aromatic rings. The van der Waals surface area contributed by atoms with Crippen molar-refractivity contribution < 1.29 is 4.79 Å². The zero-order chi connectivity index (χ0) is 18.6. The molecule has 0 spiro atoms. The molecular formula is C21H17N3OS2. The third-order valence-electron chi connectivity index (χ3n) is 3.97. The molecule has 4 rings (SSSR count). The van der Waals surface area contributed by atoms with Gasteiger partial charge in [0.25, 0.3) is 0 Å². The van der Waals surface area contributed by atoms with Gasteiger partial charge in [-0.1, -0.05) is 48.5 Å². The minimum Gasteiger partial charge on any atom is -0.274 e. The summed E-state index contributed by atoms with van der Waals surface area (Å²) < 4.78 is 0. The third-order valence-corrected chi connectivity index (χ3v) is 5.85. The first-order valence-corrected chi connectivity index (χ1v) is 10.3. The fraction of sp³-hybridized carbons (Fsp3) is 0.0952. The van der Waals surface area contributed by atoms with Crippen LogP contribution in [0.15, 0.2) is 71.4 Å². The maximum absolute atomic E-state index is 13.1. The van der Waals surface area contributed by atoms with Gasteiger partial charge in [0.15, 0.2) is 5.13 Å².